The highest BCUT2D eigenvalue weighted by Gasteiger charge is 2.16. The van der Waals surface area contributed by atoms with Crippen LogP contribution in [0.5, 0.6) is 5.75 Å². The van der Waals surface area contributed by atoms with Crippen molar-refractivity contribution in [2.45, 2.75) is 20.0 Å². The molecule has 0 bridgehead atoms. The van der Waals surface area contributed by atoms with E-state index in [1.54, 1.807) is 18.2 Å². The third-order valence-electron chi connectivity index (χ3n) is 2.41. The number of benzene rings is 1. The fourth-order valence-electron chi connectivity index (χ4n) is 1.66. The molecule has 1 aromatic carbocycles. The Kier molecular flexibility index (Phi) is 3.71. The van der Waals surface area contributed by atoms with Crippen LogP contribution < -0.4 is 10.5 Å². The van der Waals surface area contributed by atoms with E-state index in [2.05, 4.69) is 4.98 Å². The molecule has 0 saturated heterocycles. The van der Waals surface area contributed by atoms with Gasteiger partial charge in [-0.1, -0.05) is 0 Å². The number of carbonyl (C=O) groups is 1. The smallest absolute Gasteiger partial charge is 0.348 e. The summed E-state index contributed by atoms with van der Waals surface area (Å²) >= 11 is 1.09. The van der Waals surface area contributed by atoms with Gasteiger partial charge in [-0.05, 0) is 32.0 Å². The van der Waals surface area contributed by atoms with Gasteiger partial charge in [0, 0.05) is 5.56 Å². The second kappa shape index (κ2) is 5.27. The Balaban J connectivity index is 2.39. The first-order valence-corrected chi connectivity index (χ1v) is 6.60. The maximum Gasteiger partial charge on any atom is 0.348 e. The topological polar surface area (TPSA) is 85.4 Å². The lowest BCUT2D eigenvalue weighted by molar-refractivity contribution is 0.0702. The quantitative estimate of drug-likeness (QED) is 0.840. The summed E-state index contributed by atoms with van der Waals surface area (Å²) in [5.74, 6) is -0.399. The van der Waals surface area contributed by atoms with E-state index in [1.165, 1.54) is 5.51 Å². The molecule has 2 rings (SSSR count). The number of hydrogen-bond acceptors (Lipinski definition) is 5. The van der Waals surface area contributed by atoms with E-state index in [1.807, 2.05) is 13.8 Å². The average molecular weight is 278 g/mol. The van der Waals surface area contributed by atoms with Crippen molar-refractivity contribution in [1.82, 2.24) is 4.98 Å². The number of nitrogens with zero attached hydrogens (tertiary/aromatic N) is 1. The molecule has 100 valence electrons. The third-order valence-corrected chi connectivity index (χ3v) is 3.22. The van der Waals surface area contributed by atoms with Gasteiger partial charge in [0.05, 0.1) is 23.0 Å². The zero-order valence-electron chi connectivity index (χ0n) is 10.6. The van der Waals surface area contributed by atoms with E-state index in [9.17, 15) is 4.79 Å². The molecule has 0 unspecified atom stereocenters. The third kappa shape index (κ3) is 2.85. The lowest BCUT2D eigenvalue weighted by Gasteiger charge is -2.12. The van der Waals surface area contributed by atoms with Crippen molar-refractivity contribution >= 4 is 23.0 Å². The largest absolute Gasteiger partial charge is 0.489 e. The molecule has 0 aliphatic rings. The summed E-state index contributed by atoms with van der Waals surface area (Å²) in [4.78, 5) is 15.4. The van der Waals surface area contributed by atoms with Gasteiger partial charge in [-0.15, -0.1) is 11.3 Å². The Labute approximate surface area is 114 Å². The summed E-state index contributed by atoms with van der Waals surface area (Å²) in [6.07, 6.45) is 0.0296. The van der Waals surface area contributed by atoms with Gasteiger partial charge in [-0.3, -0.25) is 0 Å². The molecular formula is C13H14N2O3S. The molecule has 0 radical (unpaired) electrons. The van der Waals surface area contributed by atoms with Gasteiger partial charge in [-0.2, -0.15) is 0 Å². The molecule has 6 heteroatoms. The monoisotopic (exact) mass is 278 g/mol. The molecule has 19 heavy (non-hydrogen) atoms. The fraction of sp³-hybridized carbons (Fsp3) is 0.231. The number of rotatable bonds is 4. The summed E-state index contributed by atoms with van der Waals surface area (Å²) in [7, 11) is 0. The van der Waals surface area contributed by atoms with Crippen LogP contribution >= 0.6 is 11.3 Å². The van der Waals surface area contributed by atoms with Crippen molar-refractivity contribution in [2.24, 2.45) is 0 Å². The molecule has 1 aromatic heterocycles. The maximum atomic E-state index is 11.1. The number of hydrogen-bond donors (Lipinski definition) is 2. The lowest BCUT2D eigenvalue weighted by atomic mass is 10.1. The molecular weight excluding hydrogens is 264 g/mol. The van der Waals surface area contributed by atoms with Crippen molar-refractivity contribution in [3.05, 3.63) is 28.6 Å². The SMILES string of the molecule is CC(C)Oc1ccc(-c2ncsc2C(=O)O)cc1N. The minimum atomic E-state index is -0.987. The number of aromatic carboxylic acids is 1. The molecule has 0 saturated carbocycles. The number of nitrogen functional groups attached to an aromatic ring is 1. The van der Waals surface area contributed by atoms with Crippen molar-refractivity contribution in [3.8, 4) is 17.0 Å². The number of aromatic nitrogens is 1. The predicted molar refractivity (Wildman–Crippen MR) is 74.7 cm³/mol. The second-order valence-corrected chi connectivity index (χ2v) is 5.11. The standard InChI is InChI=1S/C13H14N2O3S/c1-7(2)18-10-4-3-8(5-9(10)14)11-12(13(16)17)19-6-15-11/h3-7H,14H2,1-2H3,(H,16,17). The molecule has 0 atom stereocenters. The zero-order valence-corrected chi connectivity index (χ0v) is 11.4. The summed E-state index contributed by atoms with van der Waals surface area (Å²) in [6.45, 7) is 3.83. The number of ether oxygens (including phenoxy) is 1. The van der Waals surface area contributed by atoms with Gasteiger partial charge in [0.1, 0.15) is 10.6 Å². The van der Waals surface area contributed by atoms with Crippen molar-refractivity contribution < 1.29 is 14.6 Å². The molecule has 0 spiro atoms. The molecule has 0 aliphatic carbocycles. The molecule has 2 aromatic rings. The van der Waals surface area contributed by atoms with Crippen LogP contribution in [-0.4, -0.2) is 22.2 Å². The van der Waals surface area contributed by atoms with Crippen LogP contribution in [0, 0.1) is 0 Å². The Morgan fingerprint density at radius 2 is 2.21 bits per heavy atom. The predicted octanol–water partition coefficient (Wildman–Crippen LogP) is 2.88. The highest BCUT2D eigenvalue weighted by Crippen LogP contribution is 2.31. The zero-order chi connectivity index (χ0) is 14.0. The van der Waals surface area contributed by atoms with Gasteiger partial charge >= 0.3 is 5.97 Å². The van der Waals surface area contributed by atoms with Crippen LogP contribution in [-0.2, 0) is 0 Å². The average Bonchev–Trinajstić information content (AvgIpc) is 2.80. The normalized spacial score (nSPS) is 10.7. The number of thiazole rings is 1. The minimum absolute atomic E-state index is 0.0296. The van der Waals surface area contributed by atoms with Crippen LogP contribution in [0.25, 0.3) is 11.3 Å². The highest BCUT2D eigenvalue weighted by atomic mass is 32.1. The number of anilines is 1. The van der Waals surface area contributed by atoms with Gasteiger partial charge in [-0.25, -0.2) is 9.78 Å². The number of carboxylic acids is 1. The first-order chi connectivity index (χ1) is 8.99. The van der Waals surface area contributed by atoms with Crippen LogP contribution in [0.4, 0.5) is 5.69 Å². The summed E-state index contributed by atoms with van der Waals surface area (Å²) in [5.41, 5.74) is 8.98. The van der Waals surface area contributed by atoms with Gasteiger partial charge < -0.3 is 15.6 Å². The molecule has 0 aliphatic heterocycles. The number of carboxylic acid groups (broad SMARTS) is 1. The van der Waals surface area contributed by atoms with E-state index in [0.717, 1.165) is 11.3 Å². The fourth-order valence-corrected chi connectivity index (χ4v) is 2.31. The summed E-state index contributed by atoms with van der Waals surface area (Å²) < 4.78 is 5.54. The van der Waals surface area contributed by atoms with Crippen LogP contribution in [0.1, 0.15) is 23.5 Å². The van der Waals surface area contributed by atoms with Crippen LogP contribution in [0.15, 0.2) is 23.7 Å². The van der Waals surface area contributed by atoms with Gasteiger partial charge in [0.2, 0.25) is 0 Å². The molecule has 1 heterocycles. The maximum absolute atomic E-state index is 11.1. The van der Waals surface area contributed by atoms with Crippen LogP contribution in [0.2, 0.25) is 0 Å². The first-order valence-electron chi connectivity index (χ1n) is 5.72. The van der Waals surface area contributed by atoms with E-state index in [-0.39, 0.29) is 11.0 Å². The number of nitrogens with two attached hydrogens (primary N) is 1. The summed E-state index contributed by atoms with van der Waals surface area (Å²) in [6, 6.07) is 5.17. The molecule has 5 nitrogen and oxygen atoms in total. The van der Waals surface area contributed by atoms with Gasteiger partial charge in [0.15, 0.2) is 0 Å². The Morgan fingerprint density at radius 1 is 1.47 bits per heavy atom. The Morgan fingerprint density at radius 3 is 2.79 bits per heavy atom. The lowest BCUT2D eigenvalue weighted by Crippen LogP contribution is -2.07. The van der Waals surface area contributed by atoms with Gasteiger partial charge in [0.25, 0.3) is 0 Å². The van der Waals surface area contributed by atoms with E-state index in [4.69, 9.17) is 15.6 Å². The molecule has 3 N–H and O–H groups in total. The minimum Gasteiger partial charge on any atom is -0.489 e. The van der Waals surface area contributed by atoms with Crippen molar-refractivity contribution in [3.63, 3.8) is 0 Å². The van der Waals surface area contributed by atoms with E-state index < -0.39 is 5.97 Å². The highest BCUT2D eigenvalue weighted by molar-refractivity contribution is 7.12. The van der Waals surface area contributed by atoms with Crippen LogP contribution in [0.3, 0.4) is 0 Å². The Bertz CT molecular complexity index is 608. The van der Waals surface area contributed by atoms with Crippen molar-refractivity contribution in [1.29, 1.82) is 0 Å². The second-order valence-electron chi connectivity index (χ2n) is 4.25. The molecule has 0 amide bonds. The first kappa shape index (κ1) is 13.4. The van der Waals surface area contributed by atoms with Crippen molar-refractivity contribution in [2.75, 3.05) is 5.73 Å². The Hall–Kier alpha value is -2.08. The molecule has 0 fully saturated rings. The summed E-state index contributed by atoms with van der Waals surface area (Å²) in [5, 5.41) is 9.07. The van der Waals surface area contributed by atoms with E-state index >= 15 is 0 Å². The van der Waals surface area contributed by atoms with E-state index in [0.29, 0.717) is 22.7 Å².